The van der Waals surface area contributed by atoms with Crippen molar-refractivity contribution in [3.05, 3.63) is 70.1 Å². The highest BCUT2D eigenvalue weighted by atomic mass is 32.2. The van der Waals surface area contributed by atoms with E-state index in [0.717, 1.165) is 6.07 Å². The number of hydrogen-bond acceptors (Lipinski definition) is 6. The standard InChI is InChI=1S/C18H11NO5S2/c19-16-13(26(22,23)24)8-11(12-6-3-7-25-12)14-15(16)18(21)10-5-2-1-4-9(10)17(14)20/h1-8H,19H2,(H,22,23,24). The number of carbonyl (C=O) groups is 2. The lowest BCUT2D eigenvalue weighted by atomic mass is 9.80. The van der Waals surface area contributed by atoms with Gasteiger partial charge in [-0.1, -0.05) is 30.3 Å². The summed E-state index contributed by atoms with van der Waals surface area (Å²) in [5, 5.41) is 1.76. The molecule has 8 heteroatoms. The SMILES string of the molecule is Nc1c(S(=O)(=O)O)cc(-c2cccs2)c2c1C(=O)c1ccccc1C2=O. The van der Waals surface area contributed by atoms with Gasteiger partial charge in [-0.05, 0) is 17.5 Å². The Morgan fingerprint density at radius 2 is 1.50 bits per heavy atom. The first-order chi connectivity index (χ1) is 12.3. The average Bonchev–Trinajstić information content (AvgIpc) is 3.12. The summed E-state index contributed by atoms with van der Waals surface area (Å²) < 4.78 is 33.1. The molecule has 0 unspecified atom stereocenters. The Hall–Kier alpha value is -2.81. The van der Waals surface area contributed by atoms with Gasteiger partial charge in [-0.3, -0.25) is 14.1 Å². The van der Waals surface area contributed by atoms with Gasteiger partial charge in [-0.15, -0.1) is 11.3 Å². The molecule has 130 valence electrons. The molecule has 0 amide bonds. The second-order valence-electron chi connectivity index (χ2n) is 5.74. The van der Waals surface area contributed by atoms with Crippen LogP contribution >= 0.6 is 11.3 Å². The molecule has 1 aromatic heterocycles. The zero-order chi connectivity index (χ0) is 18.6. The third kappa shape index (κ3) is 2.31. The van der Waals surface area contributed by atoms with Gasteiger partial charge in [0.15, 0.2) is 11.6 Å². The van der Waals surface area contributed by atoms with E-state index in [-0.39, 0.29) is 27.8 Å². The fourth-order valence-electron chi connectivity index (χ4n) is 3.13. The summed E-state index contributed by atoms with van der Waals surface area (Å²) in [5.74, 6) is -0.955. The largest absolute Gasteiger partial charge is 0.397 e. The Labute approximate surface area is 152 Å². The van der Waals surface area contributed by atoms with Crippen molar-refractivity contribution < 1.29 is 22.6 Å². The van der Waals surface area contributed by atoms with Crippen molar-refractivity contribution in [1.29, 1.82) is 0 Å². The molecule has 1 heterocycles. The van der Waals surface area contributed by atoms with Crippen LogP contribution in [0, 0.1) is 0 Å². The Morgan fingerprint density at radius 1 is 0.885 bits per heavy atom. The zero-order valence-electron chi connectivity index (χ0n) is 13.1. The number of nitrogens with two attached hydrogens (primary N) is 1. The summed E-state index contributed by atoms with van der Waals surface area (Å²) in [6.07, 6.45) is 0. The molecule has 0 spiro atoms. The molecule has 2 aromatic carbocycles. The van der Waals surface area contributed by atoms with Crippen LogP contribution in [-0.2, 0) is 10.1 Å². The maximum Gasteiger partial charge on any atom is 0.296 e. The van der Waals surface area contributed by atoms with Crippen LogP contribution in [0.4, 0.5) is 5.69 Å². The Balaban J connectivity index is 2.17. The minimum Gasteiger partial charge on any atom is -0.397 e. The highest BCUT2D eigenvalue weighted by Gasteiger charge is 2.36. The number of nitrogen functional groups attached to an aromatic ring is 1. The van der Waals surface area contributed by atoms with Gasteiger partial charge < -0.3 is 5.73 Å². The Kier molecular flexibility index (Phi) is 3.58. The normalized spacial score (nSPS) is 13.4. The van der Waals surface area contributed by atoms with E-state index in [1.54, 1.807) is 35.7 Å². The van der Waals surface area contributed by atoms with Gasteiger partial charge >= 0.3 is 0 Å². The summed E-state index contributed by atoms with van der Waals surface area (Å²) in [6.45, 7) is 0. The van der Waals surface area contributed by atoms with Crippen molar-refractivity contribution in [3.63, 3.8) is 0 Å². The Morgan fingerprint density at radius 3 is 2.04 bits per heavy atom. The van der Waals surface area contributed by atoms with E-state index in [1.807, 2.05) is 0 Å². The van der Waals surface area contributed by atoms with Gasteiger partial charge in [0.1, 0.15) is 4.90 Å². The Bertz CT molecular complexity index is 1190. The highest BCUT2D eigenvalue weighted by Crippen LogP contribution is 2.41. The topological polar surface area (TPSA) is 115 Å². The van der Waals surface area contributed by atoms with E-state index in [2.05, 4.69) is 0 Å². The number of anilines is 1. The van der Waals surface area contributed by atoms with Crippen molar-refractivity contribution in [3.8, 4) is 10.4 Å². The molecule has 0 bridgehead atoms. The van der Waals surface area contributed by atoms with Crippen molar-refractivity contribution in [1.82, 2.24) is 0 Å². The minimum atomic E-state index is -4.68. The van der Waals surface area contributed by atoms with Gasteiger partial charge in [0.25, 0.3) is 10.1 Å². The number of thiophene rings is 1. The first kappa shape index (κ1) is 16.6. The second-order valence-corrected chi connectivity index (χ2v) is 8.08. The predicted octanol–water partition coefficient (Wildman–Crippen LogP) is 3.02. The molecular formula is C18H11NO5S2. The molecule has 4 rings (SSSR count). The van der Waals surface area contributed by atoms with E-state index >= 15 is 0 Å². The lowest BCUT2D eigenvalue weighted by Gasteiger charge is -2.22. The molecule has 0 fully saturated rings. The van der Waals surface area contributed by atoms with Gasteiger partial charge in [0, 0.05) is 27.1 Å². The van der Waals surface area contributed by atoms with Crippen LogP contribution in [0.2, 0.25) is 0 Å². The quantitative estimate of drug-likeness (QED) is 0.405. The van der Waals surface area contributed by atoms with Crippen molar-refractivity contribution in [2.75, 3.05) is 5.73 Å². The zero-order valence-corrected chi connectivity index (χ0v) is 14.7. The summed E-state index contributed by atoms with van der Waals surface area (Å²) >= 11 is 1.28. The first-order valence-corrected chi connectivity index (χ1v) is 9.79. The van der Waals surface area contributed by atoms with Gasteiger partial charge in [-0.25, -0.2) is 0 Å². The fraction of sp³-hybridized carbons (Fsp3) is 0. The summed E-state index contributed by atoms with van der Waals surface area (Å²) in [6, 6.07) is 10.9. The van der Waals surface area contributed by atoms with Crippen molar-refractivity contribution >= 4 is 38.7 Å². The fourth-order valence-corrected chi connectivity index (χ4v) is 4.53. The maximum absolute atomic E-state index is 13.1. The van der Waals surface area contributed by atoms with E-state index in [4.69, 9.17) is 5.73 Å². The van der Waals surface area contributed by atoms with Gasteiger partial charge in [-0.2, -0.15) is 8.42 Å². The van der Waals surface area contributed by atoms with Crippen LogP contribution < -0.4 is 5.73 Å². The van der Waals surface area contributed by atoms with Crippen LogP contribution in [0.15, 0.2) is 52.7 Å². The number of benzene rings is 2. The first-order valence-electron chi connectivity index (χ1n) is 7.47. The average molecular weight is 385 g/mol. The molecule has 1 aliphatic carbocycles. The van der Waals surface area contributed by atoms with E-state index in [0.29, 0.717) is 4.88 Å². The molecule has 3 N–H and O–H groups in total. The number of hydrogen-bond donors (Lipinski definition) is 2. The molecule has 3 aromatic rings. The lowest BCUT2D eigenvalue weighted by molar-refractivity contribution is 0.0980. The maximum atomic E-state index is 13.1. The molecule has 26 heavy (non-hydrogen) atoms. The van der Waals surface area contributed by atoms with Gasteiger partial charge in [0.2, 0.25) is 0 Å². The summed E-state index contributed by atoms with van der Waals surface area (Å²) in [7, 11) is -4.68. The second kappa shape index (κ2) is 5.60. The van der Waals surface area contributed by atoms with Crippen LogP contribution in [0.3, 0.4) is 0 Å². The molecule has 1 aliphatic rings. The summed E-state index contributed by atoms with van der Waals surface area (Å²) in [4.78, 5) is 26.0. The molecule has 0 saturated carbocycles. The van der Waals surface area contributed by atoms with E-state index < -0.39 is 32.3 Å². The smallest absolute Gasteiger partial charge is 0.296 e. The van der Waals surface area contributed by atoms with Crippen molar-refractivity contribution in [2.24, 2.45) is 0 Å². The van der Waals surface area contributed by atoms with Crippen LogP contribution in [-0.4, -0.2) is 24.5 Å². The minimum absolute atomic E-state index is 0.0565. The number of ketones is 2. The lowest BCUT2D eigenvalue weighted by Crippen LogP contribution is -2.24. The van der Waals surface area contributed by atoms with Gasteiger partial charge in [0.05, 0.1) is 11.3 Å². The predicted molar refractivity (Wildman–Crippen MR) is 97.3 cm³/mol. The molecular weight excluding hydrogens is 374 g/mol. The van der Waals surface area contributed by atoms with Crippen LogP contribution in [0.5, 0.6) is 0 Å². The molecule has 0 aliphatic heterocycles. The van der Waals surface area contributed by atoms with Crippen molar-refractivity contribution in [2.45, 2.75) is 4.90 Å². The molecule has 0 saturated heterocycles. The third-order valence-corrected chi connectivity index (χ3v) is 6.06. The molecule has 0 atom stereocenters. The number of fused-ring (bicyclic) bond motifs is 2. The van der Waals surface area contributed by atoms with Crippen LogP contribution in [0.25, 0.3) is 10.4 Å². The number of rotatable bonds is 2. The molecule has 0 radical (unpaired) electrons. The van der Waals surface area contributed by atoms with E-state index in [1.165, 1.54) is 17.4 Å². The van der Waals surface area contributed by atoms with E-state index in [9.17, 15) is 22.6 Å². The highest BCUT2D eigenvalue weighted by molar-refractivity contribution is 7.86. The third-order valence-electron chi connectivity index (χ3n) is 4.26. The number of carbonyl (C=O) groups excluding carboxylic acids is 2. The molecule has 6 nitrogen and oxygen atoms in total. The summed E-state index contributed by atoms with van der Waals surface area (Å²) in [5.41, 5.74) is 6.01. The monoisotopic (exact) mass is 385 g/mol. The van der Waals surface area contributed by atoms with Crippen LogP contribution in [0.1, 0.15) is 31.8 Å².